The van der Waals surface area contributed by atoms with Crippen LogP contribution in [0.25, 0.3) is 38.2 Å². The number of hydrogen-bond donors (Lipinski definition) is 1. The first kappa shape index (κ1) is 30.6. The molecular formula is C39H38N4O4. The summed E-state index contributed by atoms with van der Waals surface area (Å²) >= 11 is 0. The first-order valence-electron chi connectivity index (χ1n) is 16.2. The molecule has 1 aliphatic heterocycles. The van der Waals surface area contributed by atoms with Gasteiger partial charge < -0.3 is 18.6 Å². The highest BCUT2D eigenvalue weighted by Crippen LogP contribution is 2.29. The SMILES string of the molecule is O=C1C=C(c2cn(CCN(CCOCCOCCn3ccc4ccccc43)Cc3cccc4ccccc34)c3ccccc23)C(=O)N1. The number of nitrogens with zero attached hydrogens (tertiary/aromatic N) is 3. The molecule has 0 unspecified atom stereocenters. The van der Waals surface area contributed by atoms with E-state index in [9.17, 15) is 9.59 Å². The van der Waals surface area contributed by atoms with Crippen LogP contribution in [0, 0.1) is 0 Å². The summed E-state index contributed by atoms with van der Waals surface area (Å²) in [5, 5.41) is 7.05. The molecule has 2 aromatic heterocycles. The van der Waals surface area contributed by atoms with Crippen LogP contribution in [0.1, 0.15) is 11.1 Å². The fourth-order valence-corrected chi connectivity index (χ4v) is 6.46. The molecule has 47 heavy (non-hydrogen) atoms. The van der Waals surface area contributed by atoms with Crippen LogP contribution in [-0.4, -0.2) is 65.4 Å². The van der Waals surface area contributed by atoms with Crippen molar-refractivity contribution in [1.29, 1.82) is 0 Å². The third kappa shape index (κ3) is 6.90. The molecule has 3 heterocycles. The standard InChI is InChI=1S/C39H38N4O4/c44-38-26-34(39(45)40-38)35-28-43(37-15-6-4-13-33(35)37)19-18-41(27-31-11-7-10-29-8-1-3-12-32(29)31)20-22-46-24-25-47-23-21-42-17-16-30-9-2-5-14-36(30)42/h1-17,26,28H,18-25,27H2,(H,40,44,45). The molecule has 2 amide bonds. The second kappa shape index (κ2) is 14.2. The summed E-state index contributed by atoms with van der Waals surface area (Å²) in [6, 6.07) is 33.5. The van der Waals surface area contributed by atoms with E-state index in [4.69, 9.17) is 9.47 Å². The maximum atomic E-state index is 12.5. The Kier molecular flexibility index (Phi) is 9.24. The Hall–Kier alpha value is -5.02. The van der Waals surface area contributed by atoms with E-state index in [1.807, 2.05) is 24.4 Å². The predicted octanol–water partition coefficient (Wildman–Crippen LogP) is 6.02. The van der Waals surface area contributed by atoms with E-state index < -0.39 is 0 Å². The molecule has 0 atom stereocenters. The van der Waals surface area contributed by atoms with Gasteiger partial charge in [0.05, 0.1) is 32.0 Å². The van der Waals surface area contributed by atoms with Crippen LogP contribution in [0.2, 0.25) is 0 Å². The van der Waals surface area contributed by atoms with Crippen molar-refractivity contribution >= 4 is 50.0 Å². The summed E-state index contributed by atoms with van der Waals surface area (Å²) in [4.78, 5) is 26.8. The van der Waals surface area contributed by atoms with Gasteiger partial charge in [-0.05, 0) is 39.9 Å². The predicted molar refractivity (Wildman–Crippen MR) is 186 cm³/mol. The van der Waals surface area contributed by atoms with Crippen molar-refractivity contribution in [3.05, 3.63) is 127 Å². The van der Waals surface area contributed by atoms with Crippen molar-refractivity contribution in [2.75, 3.05) is 39.5 Å². The average molecular weight is 627 g/mol. The number of rotatable bonds is 15. The van der Waals surface area contributed by atoms with Gasteiger partial charge in [-0.3, -0.25) is 19.8 Å². The molecule has 6 aromatic rings. The third-order valence-electron chi connectivity index (χ3n) is 8.85. The first-order valence-corrected chi connectivity index (χ1v) is 16.2. The van der Waals surface area contributed by atoms with Gasteiger partial charge in [0.1, 0.15) is 0 Å². The molecule has 8 heteroatoms. The van der Waals surface area contributed by atoms with Gasteiger partial charge in [0.25, 0.3) is 11.8 Å². The van der Waals surface area contributed by atoms with Gasteiger partial charge in [0, 0.05) is 73.2 Å². The Balaban J connectivity index is 0.985. The largest absolute Gasteiger partial charge is 0.378 e. The van der Waals surface area contributed by atoms with Crippen LogP contribution < -0.4 is 5.32 Å². The van der Waals surface area contributed by atoms with E-state index >= 15 is 0 Å². The Labute approximate surface area is 273 Å². The molecule has 0 fully saturated rings. The summed E-state index contributed by atoms with van der Waals surface area (Å²) in [6.45, 7) is 6.13. The van der Waals surface area contributed by atoms with Gasteiger partial charge in [-0.1, -0.05) is 78.9 Å². The van der Waals surface area contributed by atoms with Gasteiger partial charge in [-0.15, -0.1) is 0 Å². The molecule has 0 saturated carbocycles. The minimum absolute atomic E-state index is 0.352. The zero-order valence-electron chi connectivity index (χ0n) is 26.3. The fraction of sp³-hybridized carbons (Fsp3) is 0.231. The Morgan fingerprint density at radius 3 is 2.19 bits per heavy atom. The molecule has 238 valence electrons. The molecule has 0 spiro atoms. The number of imide groups is 1. The molecule has 7 rings (SSSR count). The minimum atomic E-state index is -0.372. The second-order valence-electron chi connectivity index (χ2n) is 11.8. The maximum absolute atomic E-state index is 12.5. The van der Waals surface area contributed by atoms with Crippen LogP contribution in [0.3, 0.4) is 0 Å². The highest BCUT2D eigenvalue weighted by molar-refractivity contribution is 6.35. The summed E-state index contributed by atoms with van der Waals surface area (Å²) in [5.41, 5.74) is 4.71. The highest BCUT2D eigenvalue weighted by atomic mass is 16.5. The Bertz CT molecular complexity index is 2070. The normalized spacial score (nSPS) is 13.3. The van der Waals surface area contributed by atoms with Crippen molar-refractivity contribution < 1.29 is 19.1 Å². The summed E-state index contributed by atoms with van der Waals surface area (Å²) in [5.74, 6) is -0.724. The molecular weight excluding hydrogens is 588 g/mol. The van der Waals surface area contributed by atoms with Gasteiger partial charge in [-0.25, -0.2) is 0 Å². The first-order chi connectivity index (χ1) is 23.1. The van der Waals surface area contributed by atoms with E-state index in [0.29, 0.717) is 38.5 Å². The molecule has 0 aliphatic carbocycles. The molecule has 4 aromatic carbocycles. The summed E-state index contributed by atoms with van der Waals surface area (Å²) < 4.78 is 16.3. The second-order valence-corrected chi connectivity index (χ2v) is 11.8. The van der Waals surface area contributed by atoms with Crippen LogP contribution in [-0.2, 0) is 38.7 Å². The third-order valence-corrected chi connectivity index (χ3v) is 8.85. The zero-order valence-corrected chi connectivity index (χ0v) is 26.3. The lowest BCUT2D eigenvalue weighted by molar-refractivity contribution is -0.123. The zero-order chi connectivity index (χ0) is 32.0. The van der Waals surface area contributed by atoms with Crippen molar-refractivity contribution in [3.63, 3.8) is 0 Å². The maximum Gasteiger partial charge on any atom is 0.258 e. The molecule has 1 N–H and O–H groups in total. The number of hydrogen-bond acceptors (Lipinski definition) is 5. The number of carbonyl (C=O) groups excluding carboxylic acids is 2. The van der Waals surface area contributed by atoms with Crippen LogP contribution in [0.5, 0.6) is 0 Å². The average Bonchev–Trinajstić information content (AvgIpc) is 3.78. The number of fused-ring (bicyclic) bond motifs is 3. The lowest BCUT2D eigenvalue weighted by Crippen LogP contribution is -2.31. The summed E-state index contributed by atoms with van der Waals surface area (Å²) in [7, 11) is 0. The monoisotopic (exact) mass is 626 g/mol. The van der Waals surface area contributed by atoms with Crippen LogP contribution >= 0.6 is 0 Å². The number of aromatic nitrogens is 2. The lowest BCUT2D eigenvalue weighted by Gasteiger charge is -2.24. The topological polar surface area (TPSA) is 77.7 Å². The van der Waals surface area contributed by atoms with E-state index in [0.717, 1.165) is 42.6 Å². The fourth-order valence-electron chi connectivity index (χ4n) is 6.46. The van der Waals surface area contributed by atoms with Gasteiger partial charge in [0.15, 0.2) is 0 Å². The molecule has 0 radical (unpaired) electrons. The van der Waals surface area contributed by atoms with Crippen molar-refractivity contribution in [3.8, 4) is 0 Å². The van der Waals surface area contributed by atoms with Crippen LogP contribution in [0.15, 0.2) is 116 Å². The van der Waals surface area contributed by atoms with Crippen molar-refractivity contribution in [2.45, 2.75) is 19.6 Å². The molecule has 0 bridgehead atoms. The lowest BCUT2D eigenvalue weighted by atomic mass is 10.0. The molecule has 1 aliphatic rings. The molecule has 8 nitrogen and oxygen atoms in total. The van der Waals surface area contributed by atoms with Gasteiger partial charge in [0.2, 0.25) is 0 Å². The van der Waals surface area contributed by atoms with Crippen molar-refractivity contribution in [2.24, 2.45) is 0 Å². The highest BCUT2D eigenvalue weighted by Gasteiger charge is 2.25. The quantitative estimate of drug-likeness (QED) is 0.111. The molecule has 0 saturated heterocycles. The minimum Gasteiger partial charge on any atom is -0.378 e. The smallest absolute Gasteiger partial charge is 0.258 e. The van der Waals surface area contributed by atoms with Gasteiger partial charge in [-0.2, -0.15) is 0 Å². The number of para-hydroxylation sites is 2. The number of ether oxygens (including phenoxy) is 2. The van der Waals surface area contributed by atoms with Gasteiger partial charge >= 0.3 is 0 Å². The number of nitrogens with one attached hydrogen (secondary N) is 1. The van der Waals surface area contributed by atoms with E-state index in [-0.39, 0.29) is 11.8 Å². The Morgan fingerprint density at radius 1 is 0.638 bits per heavy atom. The van der Waals surface area contributed by atoms with Crippen LogP contribution in [0.4, 0.5) is 0 Å². The number of benzene rings is 4. The van der Waals surface area contributed by atoms with E-state index in [2.05, 4.69) is 104 Å². The number of carbonyl (C=O) groups is 2. The summed E-state index contributed by atoms with van der Waals surface area (Å²) in [6.07, 6.45) is 5.50. The van der Waals surface area contributed by atoms with Crippen molar-refractivity contribution in [1.82, 2.24) is 19.4 Å². The van der Waals surface area contributed by atoms with E-state index in [1.165, 1.54) is 33.3 Å². The number of amides is 2. The Morgan fingerprint density at radius 2 is 1.36 bits per heavy atom. The van der Waals surface area contributed by atoms with E-state index in [1.54, 1.807) is 0 Å².